The molecule has 2 amide bonds. The highest BCUT2D eigenvalue weighted by molar-refractivity contribution is 6.30. The summed E-state index contributed by atoms with van der Waals surface area (Å²) >= 11 is 0. The van der Waals surface area contributed by atoms with Gasteiger partial charge in [-0.2, -0.15) is 5.10 Å². The molecule has 0 bridgehead atoms. The van der Waals surface area contributed by atoms with E-state index in [1.807, 2.05) is 0 Å². The van der Waals surface area contributed by atoms with Crippen LogP contribution in [0, 0.1) is 0 Å². The summed E-state index contributed by atoms with van der Waals surface area (Å²) in [6.07, 6.45) is 3.86. The van der Waals surface area contributed by atoms with Crippen molar-refractivity contribution < 1.29 is 19.5 Å². The van der Waals surface area contributed by atoms with E-state index in [0.717, 1.165) is 9.58 Å². The first-order chi connectivity index (χ1) is 7.99. The number of hydrogen-bond donors (Lipinski definition) is 1. The van der Waals surface area contributed by atoms with Crippen LogP contribution < -0.4 is 4.90 Å². The number of nitrogens with zero attached hydrogens (tertiary/aromatic N) is 3. The lowest BCUT2D eigenvalue weighted by molar-refractivity contribution is -0.137. The van der Waals surface area contributed by atoms with Gasteiger partial charge in [0, 0.05) is 17.8 Å². The van der Waals surface area contributed by atoms with Gasteiger partial charge in [-0.25, -0.2) is 4.90 Å². The predicted molar refractivity (Wildman–Crippen MR) is 56.1 cm³/mol. The van der Waals surface area contributed by atoms with Crippen LogP contribution in [-0.4, -0.2) is 32.7 Å². The van der Waals surface area contributed by atoms with Gasteiger partial charge in [-0.3, -0.25) is 19.1 Å². The maximum absolute atomic E-state index is 11.6. The molecule has 0 saturated heterocycles. The molecule has 0 aromatic carbocycles. The second-order valence-corrected chi connectivity index (χ2v) is 3.60. The second kappa shape index (κ2) is 3.85. The first kappa shape index (κ1) is 11.1. The third-order valence-corrected chi connectivity index (χ3v) is 2.28. The summed E-state index contributed by atoms with van der Waals surface area (Å²) in [5.74, 6) is -1.90. The molecule has 0 atom stereocenters. The van der Waals surface area contributed by atoms with Gasteiger partial charge in [0.15, 0.2) is 0 Å². The smallest absolute Gasteiger partial charge is 0.325 e. The largest absolute Gasteiger partial charge is 0.480 e. The minimum absolute atomic E-state index is 0.273. The average molecular weight is 235 g/mol. The number of carbonyl (C=O) groups is 3. The molecule has 0 radical (unpaired) electrons. The molecule has 7 nitrogen and oxygen atoms in total. The Hall–Kier alpha value is -2.44. The van der Waals surface area contributed by atoms with Crippen molar-refractivity contribution in [3.8, 4) is 0 Å². The number of aliphatic carboxylic acids is 1. The zero-order chi connectivity index (χ0) is 12.6. The first-order valence-electron chi connectivity index (χ1n) is 4.80. The molecular formula is C10H9N3O4. The summed E-state index contributed by atoms with van der Waals surface area (Å²) in [5, 5.41) is 12.3. The molecule has 1 N–H and O–H groups in total. The van der Waals surface area contributed by atoms with Gasteiger partial charge in [0.25, 0.3) is 11.8 Å². The fraction of sp³-hybridized carbons (Fsp3) is 0.200. The van der Waals surface area contributed by atoms with Crippen molar-refractivity contribution in [2.24, 2.45) is 0 Å². The Labute approximate surface area is 95.9 Å². The minimum Gasteiger partial charge on any atom is -0.480 e. The maximum Gasteiger partial charge on any atom is 0.325 e. The summed E-state index contributed by atoms with van der Waals surface area (Å²) < 4.78 is 1.14. The Balaban J connectivity index is 2.24. The molecule has 1 aliphatic heterocycles. The third-order valence-electron chi connectivity index (χ3n) is 2.28. The highest BCUT2D eigenvalue weighted by Crippen LogP contribution is 2.21. The molecular weight excluding hydrogens is 226 g/mol. The van der Waals surface area contributed by atoms with Crippen molar-refractivity contribution in [1.29, 1.82) is 0 Å². The van der Waals surface area contributed by atoms with Gasteiger partial charge in [-0.1, -0.05) is 0 Å². The zero-order valence-electron chi connectivity index (χ0n) is 8.95. The highest BCUT2D eigenvalue weighted by atomic mass is 16.4. The van der Waals surface area contributed by atoms with Gasteiger partial charge < -0.3 is 5.11 Å². The summed E-state index contributed by atoms with van der Waals surface area (Å²) in [4.78, 5) is 34.6. The van der Waals surface area contributed by atoms with E-state index in [4.69, 9.17) is 5.11 Å². The van der Waals surface area contributed by atoms with E-state index in [9.17, 15) is 14.4 Å². The zero-order valence-corrected chi connectivity index (χ0v) is 8.95. The van der Waals surface area contributed by atoms with E-state index in [1.54, 1.807) is 6.92 Å². The number of carboxylic acid groups (broad SMARTS) is 1. The van der Waals surface area contributed by atoms with E-state index in [-0.39, 0.29) is 12.2 Å². The van der Waals surface area contributed by atoms with Crippen LogP contribution in [0.5, 0.6) is 0 Å². The number of aromatic nitrogens is 2. The van der Waals surface area contributed by atoms with Gasteiger partial charge in [-0.05, 0) is 6.92 Å². The number of carboxylic acids is 1. The lowest BCUT2D eigenvalue weighted by Gasteiger charge is -2.10. The quantitative estimate of drug-likeness (QED) is 0.731. The Morgan fingerprint density at radius 3 is 2.71 bits per heavy atom. The van der Waals surface area contributed by atoms with Crippen LogP contribution in [0.15, 0.2) is 24.0 Å². The number of amides is 2. The van der Waals surface area contributed by atoms with Crippen molar-refractivity contribution in [2.75, 3.05) is 4.90 Å². The van der Waals surface area contributed by atoms with E-state index in [1.165, 1.54) is 18.5 Å². The first-order valence-corrected chi connectivity index (χ1v) is 4.80. The number of anilines is 1. The van der Waals surface area contributed by atoms with Crippen LogP contribution >= 0.6 is 0 Å². The third kappa shape index (κ3) is 1.94. The number of imide groups is 1. The Kier molecular flexibility index (Phi) is 2.51. The molecule has 2 rings (SSSR count). The van der Waals surface area contributed by atoms with Crippen molar-refractivity contribution in [1.82, 2.24) is 9.78 Å². The fourth-order valence-corrected chi connectivity index (χ4v) is 1.53. The van der Waals surface area contributed by atoms with E-state index < -0.39 is 17.8 Å². The molecule has 1 aliphatic rings. The number of hydrogen-bond acceptors (Lipinski definition) is 4. The molecule has 0 saturated carbocycles. The minimum atomic E-state index is -1.05. The number of carbonyl (C=O) groups excluding carboxylic acids is 2. The number of rotatable bonds is 3. The average Bonchev–Trinajstić information content (AvgIpc) is 2.73. The molecule has 0 aliphatic carbocycles. The maximum atomic E-state index is 11.6. The van der Waals surface area contributed by atoms with Crippen LogP contribution in [0.2, 0.25) is 0 Å². The summed E-state index contributed by atoms with van der Waals surface area (Å²) in [6.45, 7) is 1.23. The molecule has 7 heteroatoms. The SMILES string of the molecule is CC1=CC(=O)N(c2cnn(CC(=O)O)c2)C1=O. The lowest BCUT2D eigenvalue weighted by Crippen LogP contribution is -2.30. The normalized spacial score (nSPS) is 15.4. The molecule has 1 aromatic heterocycles. The Morgan fingerprint density at radius 2 is 2.18 bits per heavy atom. The van der Waals surface area contributed by atoms with Crippen molar-refractivity contribution in [2.45, 2.75) is 13.5 Å². The topological polar surface area (TPSA) is 92.5 Å². The summed E-state index contributed by atoms with van der Waals surface area (Å²) in [7, 11) is 0. The van der Waals surface area contributed by atoms with Gasteiger partial charge in [-0.15, -0.1) is 0 Å². The molecule has 88 valence electrons. The van der Waals surface area contributed by atoms with Gasteiger partial charge in [0.1, 0.15) is 6.54 Å². The monoisotopic (exact) mass is 235 g/mol. The van der Waals surface area contributed by atoms with Gasteiger partial charge >= 0.3 is 5.97 Å². The van der Waals surface area contributed by atoms with Crippen LogP contribution in [0.25, 0.3) is 0 Å². The fourth-order valence-electron chi connectivity index (χ4n) is 1.53. The molecule has 0 spiro atoms. The van der Waals surface area contributed by atoms with E-state index in [0.29, 0.717) is 5.57 Å². The summed E-state index contributed by atoms with van der Waals surface area (Å²) in [6, 6.07) is 0. The van der Waals surface area contributed by atoms with Crippen molar-refractivity contribution in [3.63, 3.8) is 0 Å². The predicted octanol–water partition coefficient (Wildman–Crippen LogP) is -0.213. The molecule has 2 heterocycles. The molecule has 0 fully saturated rings. The molecule has 0 unspecified atom stereocenters. The van der Waals surface area contributed by atoms with Crippen LogP contribution in [-0.2, 0) is 20.9 Å². The lowest BCUT2D eigenvalue weighted by atomic mass is 10.3. The van der Waals surface area contributed by atoms with Crippen LogP contribution in [0.4, 0.5) is 5.69 Å². The summed E-state index contributed by atoms with van der Waals surface area (Å²) in [5.41, 5.74) is 0.621. The van der Waals surface area contributed by atoms with Gasteiger partial charge in [0.2, 0.25) is 0 Å². The van der Waals surface area contributed by atoms with Gasteiger partial charge in [0.05, 0.1) is 11.9 Å². The van der Waals surface area contributed by atoms with Crippen molar-refractivity contribution in [3.05, 3.63) is 24.0 Å². The molecule has 17 heavy (non-hydrogen) atoms. The van der Waals surface area contributed by atoms with E-state index >= 15 is 0 Å². The Bertz CT molecular complexity index is 544. The second-order valence-electron chi connectivity index (χ2n) is 3.60. The van der Waals surface area contributed by atoms with Crippen LogP contribution in [0.1, 0.15) is 6.92 Å². The Morgan fingerprint density at radius 1 is 1.47 bits per heavy atom. The van der Waals surface area contributed by atoms with E-state index in [2.05, 4.69) is 5.10 Å². The highest BCUT2D eigenvalue weighted by Gasteiger charge is 2.30. The standard InChI is InChI=1S/C10H9N3O4/c1-6-2-8(14)13(10(6)17)7-3-11-12(4-7)5-9(15)16/h2-4H,5H2,1H3,(H,15,16). The van der Waals surface area contributed by atoms with Crippen molar-refractivity contribution >= 4 is 23.5 Å². The molecule has 1 aromatic rings. The van der Waals surface area contributed by atoms with Crippen LogP contribution in [0.3, 0.4) is 0 Å².